The zero-order valence-corrected chi connectivity index (χ0v) is 12.0. The molecule has 0 radical (unpaired) electrons. The lowest BCUT2D eigenvalue weighted by Crippen LogP contribution is -2.41. The van der Waals surface area contributed by atoms with Crippen LogP contribution in [0.3, 0.4) is 0 Å². The van der Waals surface area contributed by atoms with Crippen LogP contribution < -0.4 is 5.32 Å². The predicted octanol–water partition coefficient (Wildman–Crippen LogP) is 3.57. The highest BCUT2D eigenvalue weighted by molar-refractivity contribution is 5.25. The molecule has 0 bridgehead atoms. The summed E-state index contributed by atoms with van der Waals surface area (Å²) in [5, 5.41) is 3.73. The van der Waals surface area contributed by atoms with Crippen molar-refractivity contribution in [2.24, 2.45) is 17.3 Å². The van der Waals surface area contributed by atoms with Gasteiger partial charge in [-0.3, -0.25) is 5.32 Å². The van der Waals surface area contributed by atoms with Gasteiger partial charge in [-0.1, -0.05) is 40.5 Å². The van der Waals surface area contributed by atoms with Gasteiger partial charge in [-0.2, -0.15) is 0 Å². The Balaban J connectivity index is 1.81. The number of hydrogen-bond donors (Lipinski definition) is 1. The minimum Gasteiger partial charge on any atom is -0.366 e. The molecule has 0 aromatic carbocycles. The molecular formula is C15H29NO. The van der Waals surface area contributed by atoms with Gasteiger partial charge in [0.2, 0.25) is 0 Å². The summed E-state index contributed by atoms with van der Waals surface area (Å²) in [6.45, 7) is 11.1. The van der Waals surface area contributed by atoms with E-state index in [1.807, 2.05) is 0 Å². The van der Waals surface area contributed by atoms with Gasteiger partial charge in [0.25, 0.3) is 0 Å². The van der Waals surface area contributed by atoms with Crippen molar-refractivity contribution >= 4 is 0 Å². The lowest BCUT2D eigenvalue weighted by molar-refractivity contribution is 0.0887. The number of ether oxygens (including phenoxy) is 1. The standard InChI is InChI=1S/C15H29NO/c1-5-6-9-17-11-16-15-10-12(2)7-8-13(15)14(15,3)4/h12-13,16H,5-11H2,1-4H3. The van der Waals surface area contributed by atoms with E-state index in [1.54, 1.807) is 0 Å². The quantitative estimate of drug-likeness (QED) is 0.565. The highest BCUT2D eigenvalue weighted by atomic mass is 16.5. The predicted molar refractivity (Wildman–Crippen MR) is 71.9 cm³/mol. The SMILES string of the molecule is CCCCOCNC12CC(C)CCC1C2(C)C. The topological polar surface area (TPSA) is 21.3 Å². The second kappa shape index (κ2) is 4.89. The fraction of sp³-hybridized carbons (Fsp3) is 1.00. The van der Waals surface area contributed by atoms with Crippen molar-refractivity contribution in [2.45, 2.75) is 65.3 Å². The molecule has 2 fully saturated rings. The first kappa shape index (κ1) is 13.4. The highest BCUT2D eigenvalue weighted by Gasteiger charge is 2.71. The molecule has 0 aliphatic heterocycles. The maximum atomic E-state index is 5.69. The van der Waals surface area contributed by atoms with Crippen LogP contribution in [0.25, 0.3) is 0 Å². The average molecular weight is 239 g/mol. The van der Waals surface area contributed by atoms with Crippen LogP contribution in [-0.2, 0) is 4.74 Å². The molecule has 0 heterocycles. The van der Waals surface area contributed by atoms with Gasteiger partial charge in [0.15, 0.2) is 0 Å². The third-order valence-corrected chi connectivity index (χ3v) is 5.28. The summed E-state index contributed by atoms with van der Waals surface area (Å²) < 4.78 is 5.69. The van der Waals surface area contributed by atoms with E-state index in [9.17, 15) is 0 Å². The third-order valence-electron chi connectivity index (χ3n) is 5.28. The number of nitrogens with one attached hydrogen (secondary N) is 1. The second-order valence-electron chi connectivity index (χ2n) is 6.72. The van der Waals surface area contributed by atoms with Crippen LogP contribution >= 0.6 is 0 Å². The lowest BCUT2D eigenvalue weighted by Gasteiger charge is -2.29. The van der Waals surface area contributed by atoms with Gasteiger partial charge in [0, 0.05) is 12.1 Å². The maximum Gasteiger partial charge on any atom is 0.0969 e. The Hall–Kier alpha value is -0.0800. The van der Waals surface area contributed by atoms with Crippen LogP contribution in [0.1, 0.15) is 59.8 Å². The molecule has 3 atom stereocenters. The summed E-state index contributed by atoms with van der Waals surface area (Å²) in [6.07, 6.45) is 6.54. The molecule has 2 aliphatic rings. The first-order chi connectivity index (χ1) is 8.04. The number of fused-ring (bicyclic) bond motifs is 1. The van der Waals surface area contributed by atoms with Gasteiger partial charge in [0.1, 0.15) is 0 Å². The number of unbranched alkanes of at least 4 members (excludes halogenated alkanes) is 1. The summed E-state index contributed by atoms with van der Waals surface area (Å²) in [5.41, 5.74) is 0.864. The minimum atomic E-state index is 0.386. The van der Waals surface area contributed by atoms with Gasteiger partial charge in [-0.05, 0) is 36.5 Å². The molecule has 0 aromatic rings. The maximum absolute atomic E-state index is 5.69. The van der Waals surface area contributed by atoms with Gasteiger partial charge in [0.05, 0.1) is 6.73 Å². The molecule has 1 N–H and O–H groups in total. The smallest absolute Gasteiger partial charge is 0.0969 e. The molecule has 2 rings (SSSR count). The zero-order chi connectivity index (χ0) is 12.5. The monoisotopic (exact) mass is 239 g/mol. The minimum absolute atomic E-state index is 0.386. The summed E-state index contributed by atoms with van der Waals surface area (Å²) in [6, 6.07) is 0. The largest absolute Gasteiger partial charge is 0.366 e. The fourth-order valence-corrected chi connectivity index (χ4v) is 4.00. The lowest BCUT2D eigenvalue weighted by atomic mass is 9.86. The Kier molecular flexibility index (Phi) is 3.84. The van der Waals surface area contributed by atoms with E-state index in [-0.39, 0.29) is 0 Å². The van der Waals surface area contributed by atoms with Crippen molar-refractivity contribution in [2.75, 3.05) is 13.3 Å². The van der Waals surface area contributed by atoms with E-state index in [0.29, 0.717) is 11.0 Å². The Morgan fingerprint density at radius 3 is 2.76 bits per heavy atom. The summed E-state index contributed by atoms with van der Waals surface area (Å²) in [4.78, 5) is 0. The first-order valence-corrected chi connectivity index (χ1v) is 7.37. The van der Waals surface area contributed by atoms with Crippen molar-refractivity contribution in [1.29, 1.82) is 0 Å². The molecule has 2 aliphatic carbocycles. The summed E-state index contributed by atoms with van der Waals surface area (Å²) in [5.74, 6) is 1.75. The van der Waals surface area contributed by atoms with Gasteiger partial charge in [-0.15, -0.1) is 0 Å². The van der Waals surface area contributed by atoms with Crippen molar-refractivity contribution in [3.8, 4) is 0 Å². The Labute approximate surface area is 107 Å². The van der Waals surface area contributed by atoms with E-state index < -0.39 is 0 Å². The highest BCUT2D eigenvalue weighted by Crippen LogP contribution is 2.68. The van der Waals surface area contributed by atoms with Crippen molar-refractivity contribution in [3.05, 3.63) is 0 Å². The number of hydrogen-bond acceptors (Lipinski definition) is 2. The normalized spacial score (nSPS) is 38.8. The molecule has 3 unspecified atom stereocenters. The Morgan fingerprint density at radius 2 is 2.06 bits per heavy atom. The number of rotatable bonds is 6. The molecule has 2 nitrogen and oxygen atoms in total. The van der Waals surface area contributed by atoms with Crippen molar-refractivity contribution < 1.29 is 4.74 Å². The summed E-state index contributed by atoms with van der Waals surface area (Å²) >= 11 is 0. The van der Waals surface area contributed by atoms with Crippen LogP contribution in [0.5, 0.6) is 0 Å². The van der Waals surface area contributed by atoms with Crippen LogP contribution in [0, 0.1) is 17.3 Å². The van der Waals surface area contributed by atoms with Crippen molar-refractivity contribution in [1.82, 2.24) is 5.32 Å². The zero-order valence-electron chi connectivity index (χ0n) is 12.0. The first-order valence-electron chi connectivity index (χ1n) is 7.37. The van der Waals surface area contributed by atoms with E-state index >= 15 is 0 Å². The van der Waals surface area contributed by atoms with E-state index in [1.165, 1.54) is 32.1 Å². The molecule has 0 amide bonds. The Bertz CT molecular complexity index is 264. The molecule has 17 heavy (non-hydrogen) atoms. The van der Waals surface area contributed by atoms with Crippen LogP contribution in [0.2, 0.25) is 0 Å². The Morgan fingerprint density at radius 1 is 1.29 bits per heavy atom. The molecule has 0 aromatic heterocycles. The van der Waals surface area contributed by atoms with Crippen molar-refractivity contribution in [3.63, 3.8) is 0 Å². The van der Waals surface area contributed by atoms with E-state index in [4.69, 9.17) is 4.74 Å². The molecule has 0 spiro atoms. The molecule has 0 saturated heterocycles. The molecular weight excluding hydrogens is 210 g/mol. The van der Waals surface area contributed by atoms with Gasteiger partial charge >= 0.3 is 0 Å². The summed E-state index contributed by atoms with van der Waals surface area (Å²) in [7, 11) is 0. The molecule has 2 heteroatoms. The molecule has 2 saturated carbocycles. The van der Waals surface area contributed by atoms with Gasteiger partial charge < -0.3 is 4.74 Å². The van der Waals surface area contributed by atoms with Crippen LogP contribution in [0.15, 0.2) is 0 Å². The van der Waals surface area contributed by atoms with E-state index in [2.05, 4.69) is 33.0 Å². The third kappa shape index (κ3) is 2.26. The average Bonchev–Trinajstić information content (AvgIpc) is 2.74. The second-order valence-corrected chi connectivity index (χ2v) is 6.72. The van der Waals surface area contributed by atoms with Gasteiger partial charge in [-0.25, -0.2) is 0 Å². The van der Waals surface area contributed by atoms with E-state index in [0.717, 1.165) is 25.2 Å². The fourth-order valence-electron chi connectivity index (χ4n) is 4.00. The molecule has 100 valence electrons. The van der Waals surface area contributed by atoms with Crippen LogP contribution in [0.4, 0.5) is 0 Å². The van der Waals surface area contributed by atoms with Crippen LogP contribution in [-0.4, -0.2) is 18.9 Å².